The average molecular weight is 382 g/mol. The van der Waals surface area contributed by atoms with E-state index in [9.17, 15) is 8.42 Å². The molecule has 9 heteroatoms. The zero-order valence-corrected chi connectivity index (χ0v) is 14.2. The minimum Gasteiger partial charge on any atom is -0.360 e. The highest BCUT2D eigenvalue weighted by atomic mass is 35.5. The van der Waals surface area contributed by atoms with Crippen LogP contribution in [-0.4, -0.2) is 18.6 Å². The van der Waals surface area contributed by atoms with Crippen LogP contribution in [0.1, 0.15) is 0 Å². The second kappa shape index (κ2) is 5.41. The predicted octanol–water partition coefficient (Wildman–Crippen LogP) is 4.42. The second-order valence-electron chi connectivity index (χ2n) is 5.12. The summed E-state index contributed by atoms with van der Waals surface area (Å²) in [6.45, 7) is 0. The summed E-state index contributed by atoms with van der Waals surface area (Å²) in [6, 6.07) is 9.76. The van der Waals surface area contributed by atoms with Crippen molar-refractivity contribution in [3.05, 3.63) is 52.6 Å². The van der Waals surface area contributed by atoms with E-state index in [0.29, 0.717) is 31.9 Å². The van der Waals surface area contributed by atoms with Gasteiger partial charge in [-0.15, -0.1) is 0 Å². The fourth-order valence-electron chi connectivity index (χ4n) is 2.46. The number of benzene rings is 2. The molecule has 2 aromatic carbocycles. The molecule has 0 amide bonds. The van der Waals surface area contributed by atoms with Gasteiger partial charge in [-0.25, -0.2) is 8.42 Å². The van der Waals surface area contributed by atoms with E-state index < -0.39 is 10.0 Å². The molecule has 0 radical (unpaired) electrons. The van der Waals surface area contributed by atoms with Crippen LogP contribution >= 0.6 is 23.2 Å². The van der Waals surface area contributed by atoms with Crippen LogP contribution < -0.4 is 4.72 Å². The standard InChI is InChI=1S/C15H9Cl2N3O3S/c16-8-1-3-10-12(5-8)18-7-14(10)24(21,22)20-15-11-4-2-9(17)6-13(11)23-19-15/h1-7,18H,(H,19,20). The van der Waals surface area contributed by atoms with Crippen molar-refractivity contribution in [2.45, 2.75) is 4.90 Å². The van der Waals surface area contributed by atoms with E-state index in [2.05, 4.69) is 14.9 Å². The lowest BCUT2D eigenvalue weighted by atomic mass is 10.2. The van der Waals surface area contributed by atoms with Gasteiger partial charge in [0.05, 0.1) is 5.39 Å². The molecule has 0 aliphatic heterocycles. The van der Waals surface area contributed by atoms with Gasteiger partial charge in [0, 0.05) is 33.2 Å². The second-order valence-corrected chi connectivity index (χ2v) is 7.64. The summed E-state index contributed by atoms with van der Waals surface area (Å²) >= 11 is 11.8. The number of hydrogen-bond donors (Lipinski definition) is 2. The molecule has 24 heavy (non-hydrogen) atoms. The van der Waals surface area contributed by atoms with E-state index in [0.717, 1.165) is 0 Å². The Morgan fingerprint density at radius 1 is 1.04 bits per heavy atom. The van der Waals surface area contributed by atoms with Crippen molar-refractivity contribution < 1.29 is 12.9 Å². The van der Waals surface area contributed by atoms with Crippen LogP contribution in [0.5, 0.6) is 0 Å². The van der Waals surface area contributed by atoms with Gasteiger partial charge in [0.2, 0.25) is 0 Å². The number of anilines is 1. The molecule has 0 aliphatic rings. The topological polar surface area (TPSA) is 88.0 Å². The van der Waals surface area contributed by atoms with Gasteiger partial charge in [0.25, 0.3) is 10.0 Å². The highest BCUT2D eigenvalue weighted by molar-refractivity contribution is 7.93. The number of fused-ring (bicyclic) bond motifs is 2. The molecular weight excluding hydrogens is 373 g/mol. The summed E-state index contributed by atoms with van der Waals surface area (Å²) in [5, 5.41) is 5.81. The number of halogens is 2. The van der Waals surface area contributed by atoms with Gasteiger partial charge >= 0.3 is 0 Å². The first kappa shape index (κ1) is 15.3. The third kappa shape index (κ3) is 2.50. The van der Waals surface area contributed by atoms with Crippen LogP contribution in [0.25, 0.3) is 21.9 Å². The van der Waals surface area contributed by atoms with Crippen molar-refractivity contribution in [2.75, 3.05) is 4.72 Å². The van der Waals surface area contributed by atoms with E-state index >= 15 is 0 Å². The quantitative estimate of drug-likeness (QED) is 0.549. The molecule has 2 aromatic heterocycles. The Labute approximate surface area is 146 Å². The normalized spacial score (nSPS) is 12.1. The van der Waals surface area contributed by atoms with Crippen LogP contribution in [0.15, 0.2) is 52.0 Å². The van der Waals surface area contributed by atoms with Gasteiger partial charge in [-0.2, -0.15) is 0 Å². The minimum atomic E-state index is -3.86. The first-order valence-corrected chi connectivity index (χ1v) is 9.02. The van der Waals surface area contributed by atoms with Gasteiger partial charge in [0.15, 0.2) is 11.4 Å². The maximum Gasteiger partial charge on any atom is 0.265 e. The van der Waals surface area contributed by atoms with Gasteiger partial charge in [0.1, 0.15) is 4.90 Å². The van der Waals surface area contributed by atoms with Gasteiger partial charge in [-0.05, 0) is 30.3 Å². The molecule has 0 spiro atoms. The maximum absolute atomic E-state index is 12.7. The van der Waals surface area contributed by atoms with E-state index in [1.165, 1.54) is 6.20 Å². The summed E-state index contributed by atoms with van der Waals surface area (Å²) in [7, 11) is -3.86. The average Bonchev–Trinajstić information content (AvgIpc) is 3.11. The number of H-pyrrole nitrogens is 1. The SMILES string of the molecule is O=S(=O)(Nc1noc2cc(Cl)ccc12)c1c[nH]c2cc(Cl)ccc12. The fraction of sp³-hybridized carbons (Fsp3) is 0. The summed E-state index contributed by atoms with van der Waals surface area (Å²) in [6.07, 6.45) is 1.41. The maximum atomic E-state index is 12.7. The molecule has 0 bridgehead atoms. The number of nitrogens with zero attached hydrogens (tertiary/aromatic N) is 1. The molecule has 0 aliphatic carbocycles. The molecule has 4 rings (SSSR count). The van der Waals surface area contributed by atoms with E-state index in [4.69, 9.17) is 27.7 Å². The number of nitrogens with one attached hydrogen (secondary N) is 2. The van der Waals surface area contributed by atoms with Gasteiger partial charge < -0.3 is 9.51 Å². The number of aromatic amines is 1. The monoisotopic (exact) mass is 381 g/mol. The summed E-state index contributed by atoms with van der Waals surface area (Å²) < 4.78 is 32.9. The molecule has 122 valence electrons. The van der Waals surface area contributed by atoms with Crippen molar-refractivity contribution in [1.82, 2.24) is 10.1 Å². The van der Waals surface area contributed by atoms with Crippen LogP contribution in [0.2, 0.25) is 10.0 Å². The molecule has 0 atom stereocenters. The van der Waals surface area contributed by atoms with Crippen molar-refractivity contribution in [2.24, 2.45) is 0 Å². The summed E-state index contributed by atoms with van der Waals surface area (Å²) in [5.74, 6) is 0.102. The van der Waals surface area contributed by atoms with Crippen molar-refractivity contribution in [1.29, 1.82) is 0 Å². The van der Waals surface area contributed by atoms with Crippen molar-refractivity contribution in [3.8, 4) is 0 Å². The Kier molecular flexibility index (Phi) is 3.45. The van der Waals surface area contributed by atoms with Crippen LogP contribution in [0, 0.1) is 0 Å². The number of hydrogen-bond acceptors (Lipinski definition) is 4. The molecule has 4 aromatic rings. The number of aromatic nitrogens is 2. The Hall–Kier alpha value is -2.22. The van der Waals surface area contributed by atoms with Crippen molar-refractivity contribution >= 4 is 60.9 Å². The first-order chi connectivity index (χ1) is 11.4. The zero-order valence-electron chi connectivity index (χ0n) is 11.9. The first-order valence-electron chi connectivity index (χ1n) is 6.78. The van der Waals surface area contributed by atoms with Crippen LogP contribution in [-0.2, 0) is 10.0 Å². The molecule has 2 heterocycles. The fourth-order valence-corrected chi connectivity index (χ4v) is 3.99. The van der Waals surface area contributed by atoms with E-state index in [-0.39, 0.29) is 10.7 Å². The smallest absolute Gasteiger partial charge is 0.265 e. The molecule has 2 N–H and O–H groups in total. The van der Waals surface area contributed by atoms with Crippen LogP contribution in [0.3, 0.4) is 0 Å². The minimum absolute atomic E-state index is 0.0966. The molecule has 0 saturated carbocycles. The highest BCUT2D eigenvalue weighted by Crippen LogP contribution is 2.30. The van der Waals surface area contributed by atoms with Gasteiger partial charge in [-0.3, -0.25) is 4.72 Å². The molecular formula is C15H9Cl2N3O3S. The predicted molar refractivity (Wildman–Crippen MR) is 93.1 cm³/mol. The Bertz CT molecular complexity index is 1180. The highest BCUT2D eigenvalue weighted by Gasteiger charge is 2.22. The van der Waals surface area contributed by atoms with E-state index in [1.807, 2.05) is 0 Å². The lowest BCUT2D eigenvalue weighted by Crippen LogP contribution is -2.12. The molecule has 0 unspecified atom stereocenters. The largest absolute Gasteiger partial charge is 0.360 e. The lowest BCUT2D eigenvalue weighted by molar-refractivity contribution is 0.460. The molecule has 0 fully saturated rings. The van der Waals surface area contributed by atoms with Gasteiger partial charge in [-0.1, -0.05) is 28.4 Å². The molecule has 6 nitrogen and oxygen atoms in total. The Morgan fingerprint density at radius 3 is 2.54 bits per heavy atom. The van der Waals surface area contributed by atoms with Crippen molar-refractivity contribution in [3.63, 3.8) is 0 Å². The summed E-state index contributed by atoms with van der Waals surface area (Å²) in [4.78, 5) is 2.99. The third-order valence-electron chi connectivity index (χ3n) is 3.56. The number of rotatable bonds is 3. The molecule has 0 saturated heterocycles. The zero-order chi connectivity index (χ0) is 16.9. The number of sulfonamides is 1. The Balaban J connectivity index is 1.79. The van der Waals surface area contributed by atoms with Crippen LogP contribution in [0.4, 0.5) is 5.82 Å². The lowest BCUT2D eigenvalue weighted by Gasteiger charge is -2.04. The van der Waals surface area contributed by atoms with E-state index in [1.54, 1.807) is 36.4 Å². The Morgan fingerprint density at radius 2 is 1.75 bits per heavy atom. The summed E-state index contributed by atoms with van der Waals surface area (Å²) in [5.41, 5.74) is 1.02. The third-order valence-corrected chi connectivity index (χ3v) is 5.41.